The topological polar surface area (TPSA) is 93.2 Å². The van der Waals surface area contributed by atoms with Crippen LogP contribution in [0.3, 0.4) is 0 Å². The number of carbonyl (C=O) groups excluding carboxylic acids is 1. The first kappa shape index (κ1) is 18.0. The summed E-state index contributed by atoms with van der Waals surface area (Å²) in [5.41, 5.74) is 7.32. The van der Waals surface area contributed by atoms with Gasteiger partial charge < -0.3 is 16.2 Å². The van der Waals surface area contributed by atoms with E-state index < -0.39 is 5.91 Å². The van der Waals surface area contributed by atoms with Gasteiger partial charge in [0.25, 0.3) is 5.91 Å². The molecule has 1 amide bonds. The molecule has 0 aliphatic heterocycles. The zero-order chi connectivity index (χ0) is 15.4. The predicted molar refractivity (Wildman–Crippen MR) is 88.0 cm³/mol. The highest BCUT2D eigenvalue weighted by atomic mass is 35.5. The molecule has 0 bridgehead atoms. The molecule has 0 spiro atoms. The van der Waals surface area contributed by atoms with Crippen LogP contribution in [0, 0.1) is 0 Å². The highest BCUT2D eigenvalue weighted by Crippen LogP contribution is 2.20. The summed E-state index contributed by atoms with van der Waals surface area (Å²) < 4.78 is 1.48. The number of nitrogens with two attached hydrogens (primary N) is 1. The van der Waals surface area contributed by atoms with Crippen LogP contribution in [0.15, 0.2) is 30.5 Å². The largest absolute Gasteiger partial charge is 0.504 e. The fourth-order valence-electron chi connectivity index (χ4n) is 1.94. The smallest absolute Gasteiger partial charge is 0.275 e. The summed E-state index contributed by atoms with van der Waals surface area (Å²) in [7, 11) is 0. The van der Waals surface area contributed by atoms with E-state index in [-0.39, 0.29) is 23.9 Å². The second kappa shape index (κ2) is 7.82. The van der Waals surface area contributed by atoms with E-state index in [2.05, 4.69) is 24.3 Å². The highest BCUT2D eigenvalue weighted by Gasteiger charge is 2.16. The Hall–Kier alpha value is -2.05. The van der Waals surface area contributed by atoms with E-state index in [1.54, 1.807) is 0 Å². The number of nitrogens with one attached hydrogen (secondary N) is 1. The van der Waals surface area contributed by atoms with Gasteiger partial charge in [0.2, 0.25) is 0 Å². The molecule has 0 saturated carbocycles. The van der Waals surface area contributed by atoms with Crippen LogP contribution < -0.4 is 11.1 Å². The van der Waals surface area contributed by atoms with Crippen molar-refractivity contribution in [3.8, 4) is 11.4 Å². The average Bonchev–Trinajstić information content (AvgIpc) is 2.87. The number of benzene rings is 1. The number of aromatic hydroxyl groups is 1. The molecule has 0 atom stereocenters. The molecule has 7 heteroatoms. The maximum absolute atomic E-state index is 11.8. The molecular formula is C15H21ClN4O2. The fourth-order valence-corrected chi connectivity index (χ4v) is 1.94. The van der Waals surface area contributed by atoms with E-state index in [9.17, 15) is 9.90 Å². The van der Waals surface area contributed by atoms with Crippen molar-refractivity contribution >= 4 is 18.3 Å². The van der Waals surface area contributed by atoms with Gasteiger partial charge in [-0.1, -0.05) is 26.0 Å². The Kier molecular flexibility index (Phi) is 6.39. The first-order valence-electron chi connectivity index (χ1n) is 6.90. The highest BCUT2D eigenvalue weighted by molar-refractivity contribution is 5.94. The Morgan fingerprint density at radius 2 is 2.00 bits per heavy atom. The molecule has 0 aliphatic rings. The number of hydrogen-bond acceptors (Lipinski definition) is 4. The van der Waals surface area contributed by atoms with Crippen molar-refractivity contribution in [2.45, 2.75) is 19.8 Å². The van der Waals surface area contributed by atoms with Crippen molar-refractivity contribution in [2.24, 2.45) is 5.73 Å². The minimum Gasteiger partial charge on any atom is -0.504 e. The predicted octanol–water partition coefficient (Wildman–Crippen LogP) is 1.81. The molecule has 0 radical (unpaired) electrons. The molecule has 0 fully saturated rings. The van der Waals surface area contributed by atoms with Crippen molar-refractivity contribution in [1.29, 1.82) is 0 Å². The Morgan fingerprint density at radius 1 is 1.36 bits per heavy atom. The molecule has 4 N–H and O–H groups in total. The van der Waals surface area contributed by atoms with Crippen LogP contribution in [0.1, 0.15) is 35.8 Å². The van der Waals surface area contributed by atoms with Crippen molar-refractivity contribution in [3.63, 3.8) is 0 Å². The summed E-state index contributed by atoms with van der Waals surface area (Å²) >= 11 is 0. The maximum atomic E-state index is 11.8. The monoisotopic (exact) mass is 324 g/mol. The molecule has 120 valence electrons. The molecule has 1 heterocycles. The Balaban J connectivity index is 0.00000242. The molecule has 2 aromatic rings. The number of halogens is 1. The van der Waals surface area contributed by atoms with E-state index >= 15 is 0 Å². The summed E-state index contributed by atoms with van der Waals surface area (Å²) in [5.74, 6) is -0.143. The molecule has 2 rings (SSSR count). The van der Waals surface area contributed by atoms with Gasteiger partial charge in [-0.25, -0.2) is 4.68 Å². The van der Waals surface area contributed by atoms with Gasteiger partial charge in [0.05, 0.1) is 11.9 Å². The number of aromatic nitrogens is 2. The van der Waals surface area contributed by atoms with Crippen molar-refractivity contribution in [3.05, 3.63) is 41.7 Å². The van der Waals surface area contributed by atoms with E-state index in [0.717, 1.165) is 5.69 Å². The van der Waals surface area contributed by atoms with Gasteiger partial charge in [0, 0.05) is 13.1 Å². The van der Waals surface area contributed by atoms with Gasteiger partial charge in [0.15, 0.2) is 11.4 Å². The van der Waals surface area contributed by atoms with Crippen molar-refractivity contribution in [1.82, 2.24) is 15.1 Å². The third-order valence-electron chi connectivity index (χ3n) is 3.16. The second-order valence-electron chi connectivity index (χ2n) is 5.10. The first-order valence-corrected chi connectivity index (χ1v) is 6.90. The standard InChI is InChI=1S/C15H20N4O2.ClH/c1-10(2)11-3-5-12(6-4-11)19-9-13(20)14(18-19)15(21)17-8-7-16;/h3-6,9-10,20H,7-8,16H2,1-2H3,(H,17,21);1H. The zero-order valence-corrected chi connectivity index (χ0v) is 13.4. The summed E-state index contributed by atoms with van der Waals surface area (Å²) in [4.78, 5) is 11.8. The number of carbonyl (C=O) groups is 1. The number of hydrogen-bond donors (Lipinski definition) is 3. The molecule has 0 aliphatic carbocycles. The Bertz CT molecular complexity index is 623. The summed E-state index contributed by atoms with van der Waals surface area (Å²) in [5, 5.41) is 16.5. The summed E-state index contributed by atoms with van der Waals surface area (Å²) in [6.07, 6.45) is 1.42. The molecule has 0 unspecified atom stereocenters. The van der Waals surface area contributed by atoms with Crippen LogP contribution in [-0.4, -0.2) is 33.9 Å². The van der Waals surface area contributed by atoms with Crippen LogP contribution in [-0.2, 0) is 0 Å². The third-order valence-corrected chi connectivity index (χ3v) is 3.16. The zero-order valence-electron chi connectivity index (χ0n) is 12.6. The second-order valence-corrected chi connectivity index (χ2v) is 5.10. The van der Waals surface area contributed by atoms with Gasteiger partial charge >= 0.3 is 0 Å². The SMILES string of the molecule is CC(C)c1ccc(-n2cc(O)c(C(=O)NCCN)n2)cc1.Cl. The van der Waals surface area contributed by atoms with Gasteiger partial charge in [-0.15, -0.1) is 12.4 Å². The van der Waals surface area contributed by atoms with E-state index in [1.165, 1.54) is 16.4 Å². The van der Waals surface area contributed by atoms with Crippen LogP contribution in [0.25, 0.3) is 5.69 Å². The van der Waals surface area contributed by atoms with E-state index in [0.29, 0.717) is 19.0 Å². The van der Waals surface area contributed by atoms with Crippen molar-refractivity contribution < 1.29 is 9.90 Å². The normalized spacial score (nSPS) is 10.4. The lowest BCUT2D eigenvalue weighted by molar-refractivity contribution is 0.0947. The molecule has 6 nitrogen and oxygen atoms in total. The lowest BCUT2D eigenvalue weighted by atomic mass is 10.0. The number of nitrogens with zero attached hydrogens (tertiary/aromatic N) is 2. The third kappa shape index (κ3) is 3.99. The average molecular weight is 325 g/mol. The minimum atomic E-state index is -0.435. The number of rotatable bonds is 5. The Morgan fingerprint density at radius 3 is 2.55 bits per heavy atom. The van der Waals surface area contributed by atoms with Gasteiger partial charge in [-0.3, -0.25) is 4.79 Å². The summed E-state index contributed by atoms with van der Waals surface area (Å²) in [6, 6.07) is 7.83. The quantitative estimate of drug-likeness (QED) is 0.782. The first-order chi connectivity index (χ1) is 10.0. The van der Waals surface area contributed by atoms with Gasteiger partial charge in [0.1, 0.15) is 0 Å². The van der Waals surface area contributed by atoms with Crippen molar-refractivity contribution in [2.75, 3.05) is 13.1 Å². The molecule has 1 aromatic heterocycles. The molecule has 1 aromatic carbocycles. The lowest BCUT2D eigenvalue weighted by Crippen LogP contribution is -2.29. The van der Waals surface area contributed by atoms with Gasteiger partial charge in [-0.05, 0) is 23.6 Å². The van der Waals surface area contributed by atoms with Crippen LogP contribution in [0.5, 0.6) is 5.75 Å². The van der Waals surface area contributed by atoms with Crippen LogP contribution >= 0.6 is 12.4 Å². The number of amides is 1. The van der Waals surface area contributed by atoms with E-state index in [1.807, 2.05) is 24.3 Å². The molecule has 22 heavy (non-hydrogen) atoms. The lowest BCUT2D eigenvalue weighted by Gasteiger charge is -2.06. The van der Waals surface area contributed by atoms with Crippen LogP contribution in [0.4, 0.5) is 0 Å². The van der Waals surface area contributed by atoms with E-state index in [4.69, 9.17) is 5.73 Å². The molecular weight excluding hydrogens is 304 g/mol. The Labute approximate surface area is 135 Å². The fraction of sp³-hybridized carbons (Fsp3) is 0.333. The van der Waals surface area contributed by atoms with Gasteiger partial charge in [-0.2, -0.15) is 5.10 Å². The minimum absolute atomic E-state index is 0. The maximum Gasteiger partial charge on any atom is 0.275 e. The van der Waals surface area contributed by atoms with Crippen LogP contribution in [0.2, 0.25) is 0 Å². The summed E-state index contributed by atoms with van der Waals surface area (Å²) in [6.45, 7) is 4.92. The molecule has 0 saturated heterocycles.